The van der Waals surface area contributed by atoms with E-state index in [1.54, 1.807) is 7.11 Å². The van der Waals surface area contributed by atoms with E-state index in [4.69, 9.17) is 9.47 Å². The Kier molecular flexibility index (Phi) is 9.25. The van der Waals surface area contributed by atoms with Crippen molar-refractivity contribution in [2.75, 3.05) is 32.2 Å². The Labute approximate surface area is 107 Å². The third kappa shape index (κ3) is 6.17. The molecular weight excluding hydrogens is 214 g/mol. The van der Waals surface area contributed by atoms with E-state index < -0.39 is 0 Å². The third-order valence-electron chi connectivity index (χ3n) is 2.11. The van der Waals surface area contributed by atoms with Gasteiger partial charge in [0, 0.05) is 26.8 Å². The van der Waals surface area contributed by atoms with Gasteiger partial charge in [-0.05, 0) is 25.5 Å². The van der Waals surface area contributed by atoms with Crippen molar-refractivity contribution in [1.82, 2.24) is 0 Å². The highest BCUT2D eigenvalue weighted by Crippen LogP contribution is 2.22. The molecule has 0 spiro atoms. The van der Waals surface area contributed by atoms with Crippen LogP contribution in [-0.4, -0.2) is 26.9 Å². The Hall–Kier alpha value is -1.22. The molecule has 0 aliphatic rings. The van der Waals surface area contributed by atoms with E-state index in [-0.39, 0.29) is 1.43 Å². The summed E-state index contributed by atoms with van der Waals surface area (Å²) in [4.78, 5) is 0. The lowest BCUT2D eigenvalue weighted by atomic mass is 10.2. The summed E-state index contributed by atoms with van der Waals surface area (Å²) < 4.78 is 10.5. The standard InChI is InChI=1S/C12H19NO2.C2H6.H2/c1-4-13-11-6-5-10(2)12(9-11)15-8-7-14-3;1-2;/h5-6,9,13H,4,7-8H2,1-3H3;1-2H3;1H. The Morgan fingerprint density at radius 3 is 2.53 bits per heavy atom. The highest BCUT2D eigenvalue weighted by atomic mass is 16.5. The van der Waals surface area contributed by atoms with Gasteiger partial charge >= 0.3 is 0 Å². The van der Waals surface area contributed by atoms with Crippen LogP contribution in [0.2, 0.25) is 0 Å². The van der Waals surface area contributed by atoms with Crippen LogP contribution in [0.5, 0.6) is 5.75 Å². The quantitative estimate of drug-likeness (QED) is 0.770. The molecule has 1 rings (SSSR count). The van der Waals surface area contributed by atoms with Gasteiger partial charge in [-0.3, -0.25) is 0 Å². The van der Waals surface area contributed by atoms with Crippen LogP contribution in [0.3, 0.4) is 0 Å². The summed E-state index contributed by atoms with van der Waals surface area (Å²) in [5.41, 5.74) is 2.24. The number of ether oxygens (including phenoxy) is 2. The maximum absolute atomic E-state index is 5.60. The molecule has 0 heterocycles. The Bertz CT molecular complexity index is 306. The summed E-state index contributed by atoms with van der Waals surface area (Å²) in [5, 5.41) is 3.25. The fourth-order valence-electron chi connectivity index (χ4n) is 1.30. The van der Waals surface area contributed by atoms with Gasteiger partial charge in [0.1, 0.15) is 12.4 Å². The molecule has 17 heavy (non-hydrogen) atoms. The van der Waals surface area contributed by atoms with Gasteiger partial charge in [0.15, 0.2) is 0 Å². The summed E-state index contributed by atoms with van der Waals surface area (Å²) >= 11 is 0. The van der Waals surface area contributed by atoms with Crippen LogP contribution in [0.4, 0.5) is 5.69 Å². The van der Waals surface area contributed by atoms with Gasteiger partial charge in [-0.1, -0.05) is 19.9 Å². The maximum atomic E-state index is 5.60. The molecule has 100 valence electrons. The van der Waals surface area contributed by atoms with Gasteiger partial charge in [-0.2, -0.15) is 0 Å². The van der Waals surface area contributed by atoms with E-state index in [0.29, 0.717) is 13.2 Å². The average Bonchev–Trinajstić information content (AvgIpc) is 2.36. The first-order valence-electron chi connectivity index (χ1n) is 6.24. The first-order chi connectivity index (χ1) is 8.27. The summed E-state index contributed by atoms with van der Waals surface area (Å²) in [6.07, 6.45) is 0. The molecule has 3 nitrogen and oxygen atoms in total. The van der Waals surface area contributed by atoms with Crippen molar-refractivity contribution in [3.05, 3.63) is 23.8 Å². The summed E-state index contributed by atoms with van der Waals surface area (Å²) in [6, 6.07) is 6.14. The minimum atomic E-state index is 0. The van der Waals surface area contributed by atoms with Crippen LogP contribution in [0, 0.1) is 6.92 Å². The van der Waals surface area contributed by atoms with Crippen molar-refractivity contribution < 1.29 is 10.9 Å². The zero-order chi connectivity index (χ0) is 13.1. The van der Waals surface area contributed by atoms with Crippen molar-refractivity contribution in [1.29, 1.82) is 0 Å². The summed E-state index contributed by atoms with van der Waals surface area (Å²) in [5.74, 6) is 0.922. The van der Waals surface area contributed by atoms with Crippen LogP contribution < -0.4 is 10.1 Å². The van der Waals surface area contributed by atoms with Crippen molar-refractivity contribution in [3.63, 3.8) is 0 Å². The average molecular weight is 241 g/mol. The largest absolute Gasteiger partial charge is 0.491 e. The SMILES string of the molecule is CC.CCNc1ccc(C)c(OCCOC)c1.[HH]. The van der Waals surface area contributed by atoms with Crippen molar-refractivity contribution in [3.8, 4) is 5.75 Å². The normalized spacial score (nSPS) is 9.24. The van der Waals surface area contributed by atoms with Crippen molar-refractivity contribution in [2.24, 2.45) is 0 Å². The van der Waals surface area contributed by atoms with E-state index in [0.717, 1.165) is 23.5 Å². The number of aryl methyl sites for hydroxylation is 1. The number of hydrogen-bond donors (Lipinski definition) is 1. The first kappa shape index (κ1) is 15.8. The first-order valence-corrected chi connectivity index (χ1v) is 6.24. The molecule has 0 atom stereocenters. The fourth-order valence-corrected chi connectivity index (χ4v) is 1.30. The molecule has 0 aromatic heterocycles. The second kappa shape index (κ2) is 9.97. The lowest BCUT2D eigenvalue weighted by Gasteiger charge is -2.11. The molecule has 3 heteroatoms. The number of methoxy groups -OCH3 is 1. The van der Waals surface area contributed by atoms with Crippen molar-refractivity contribution >= 4 is 5.69 Å². The predicted octanol–water partition coefficient (Wildman–Crippen LogP) is 3.72. The lowest BCUT2D eigenvalue weighted by Crippen LogP contribution is -2.05. The van der Waals surface area contributed by atoms with Crippen LogP contribution in [-0.2, 0) is 4.74 Å². The highest BCUT2D eigenvalue weighted by Gasteiger charge is 2.00. The van der Waals surface area contributed by atoms with Crippen LogP contribution in [0.25, 0.3) is 0 Å². The topological polar surface area (TPSA) is 30.5 Å². The van der Waals surface area contributed by atoms with Gasteiger partial charge in [0.25, 0.3) is 0 Å². The molecule has 0 fully saturated rings. The van der Waals surface area contributed by atoms with Crippen molar-refractivity contribution in [2.45, 2.75) is 27.7 Å². The molecule has 0 radical (unpaired) electrons. The van der Waals surface area contributed by atoms with E-state index >= 15 is 0 Å². The zero-order valence-electron chi connectivity index (χ0n) is 11.7. The zero-order valence-corrected chi connectivity index (χ0v) is 11.7. The van der Waals surface area contributed by atoms with E-state index in [9.17, 15) is 0 Å². The van der Waals surface area contributed by atoms with Crippen LogP contribution >= 0.6 is 0 Å². The second-order valence-corrected chi connectivity index (χ2v) is 3.35. The molecule has 0 saturated heterocycles. The molecule has 1 aromatic carbocycles. The fraction of sp³-hybridized carbons (Fsp3) is 0.571. The van der Waals surface area contributed by atoms with E-state index in [2.05, 4.69) is 24.4 Å². The molecule has 0 aliphatic carbocycles. The van der Waals surface area contributed by atoms with E-state index in [1.165, 1.54) is 0 Å². The van der Waals surface area contributed by atoms with Crippen LogP contribution in [0.1, 0.15) is 27.8 Å². The van der Waals surface area contributed by atoms with Crippen LogP contribution in [0.15, 0.2) is 18.2 Å². The lowest BCUT2D eigenvalue weighted by molar-refractivity contribution is 0.146. The van der Waals surface area contributed by atoms with Gasteiger partial charge in [0.05, 0.1) is 6.61 Å². The van der Waals surface area contributed by atoms with Gasteiger partial charge in [-0.15, -0.1) is 0 Å². The number of nitrogens with one attached hydrogen (secondary N) is 1. The maximum Gasteiger partial charge on any atom is 0.124 e. The molecule has 0 amide bonds. The molecule has 0 bridgehead atoms. The Morgan fingerprint density at radius 1 is 1.24 bits per heavy atom. The van der Waals surface area contributed by atoms with Gasteiger partial charge in [0.2, 0.25) is 0 Å². The van der Waals surface area contributed by atoms with E-state index in [1.807, 2.05) is 26.8 Å². The number of rotatable bonds is 6. The molecule has 0 unspecified atom stereocenters. The third-order valence-corrected chi connectivity index (χ3v) is 2.11. The molecular formula is C14H27NO2. The monoisotopic (exact) mass is 241 g/mol. The Morgan fingerprint density at radius 2 is 1.94 bits per heavy atom. The predicted molar refractivity (Wildman–Crippen MR) is 76.2 cm³/mol. The number of benzene rings is 1. The summed E-state index contributed by atoms with van der Waals surface area (Å²) in [6.45, 7) is 10.2. The second-order valence-electron chi connectivity index (χ2n) is 3.35. The van der Waals surface area contributed by atoms with Gasteiger partial charge in [-0.25, -0.2) is 0 Å². The minimum Gasteiger partial charge on any atom is -0.491 e. The Balaban J connectivity index is 0. The molecule has 0 aliphatic heterocycles. The van der Waals surface area contributed by atoms with Gasteiger partial charge < -0.3 is 14.8 Å². The summed E-state index contributed by atoms with van der Waals surface area (Å²) in [7, 11) is 1.67. The molecule has 1 N–H and O–H groups in total. The number of anilines is 1. The molecule has 1 aromatic rings. The highest BCUT2D eigenvalue weighted by molar-refractivity contribution is 5.51. The minimum absolute atomic E-state index is 0. The number of hydrogen-bond acceptors (Lipinski definition) is 3. The molecule has 0 saturated carbocycles. The smallest absolute Gasteiger partial charge is 0.124 e.